The molecule has 3 rings (SSSR count). The molecule has 0 bridgehead atoms. The summed E-state index contributed by atoms with van der Waals surface area (Å²) in [6.45, 7) is 0.528. The van der Waals surface area contributed by atoms with Crippen molar-refractivity contribution in [1.29, 1.82) is 0 Å². The van der Waals surface area contributed by atoms with Crippen LogP contribution in [0.25, 0.3) is 0 Å². The molecule has 0 saturated carbocycles. The van der Waals surface area contributed by atoms with Crippen LogP contribution in [0.1, 0.15) is 58.6 Å². The number of nitrogens with zero attached hydrogens (tertiary/aromatic N) is 1. The Balaban J connectivity index is 1.82. The van der Waals surface area contributed by atoms with Gasteiger partial charge in [0.2, 0.25) is 0 Å². The number of carbonyl (C=O) groups excluding carboxylic acids is 2. The van der Waals surface area contributed by atoms with Crippen molar-refractivity contribution in [3.63, 3.8) is 0 Å². The van der Waals surface area contributed by atoms with E-state index in [4.69, 9.17) is 0 Å². The molecule has 1 fully saturated rings. The normalized spacial score (nSPS) is 22.5. The first-order chi connectivity index (χ1) is 10.2. The SMILES string of the molecule is O=C([O-])[C@H]1CCCCN1C(=O)c1cc2c(s1)CCCCC2. The molecule has 1 amide bonds. The van der Waals surface area contributed by atoms with Gasteiger partial charge in [0.1, 0.15) is 0 Å². The average Bonchev–Trinajstić information content (AvgIpc) is 2.77. The minimum Gasteiger partial charge on any atom is -0.548 e. The van der Waals surface area contributed by atoms with Crippen LogP contribution in [0.15, 0.2) is 6.07 Å². The van der Waals surface area contributed by atoms with Crippen molar-refractivity contribution >= 4 is 23.2 Å². The van der Waals surface area contributed by atoms with Crippen molar-refractivity contribution in [3.8, 4) is 0 Å². The zero-order chi connectivity index (χ0) is 14.8. The van der Waals surface area contributed by atoms with Gasteiger partial charge in [0, 0.05) is 11.4 Å². The minimum atomic E-state index is -1.12. The third kappa shape index (κ3) is 2.98. The highest BCUT2D eigenvalue weighted by atomic mass is 32.1. The lowest BCUT2D eigenvalue weighted by molar-refractivity contribution is -0.311. The number of hydrogen-bond acceptors (Lipinski definition) is 4. The molecule has 2 heterocycles. The van der Waals surface area contributed by atoms with Crippen molar-refractivity contribution in [3.05, 3.63) is 21.4 Å². The van der Waals surface area contributed by atoms with Gasteiger partial charge in [0.15, 0.2) is 0 Å². The van der Waals surface area contributed by atoms with Crippen LogP contribution in [0.3, 0.4) is 0 Å². The van der Waals surface area contributed by atoms with E-state index >= 15 is 0 Å². The molecular weight excluding hydrogens is 286 g/mol. The van der Waals surface area contributed by atoms with Gasteiger partial charge in [0.05, 0.1) is 16.9 Å². The summed E-state index contributed by atoms with van der Waals surface area (Å²) in [6, 6.07) is 1.24. The lowest BCUT2D eigenvalue weighted by Gasteiger charge is -2.36. The van der Waals surface area contributed by atoms with Gasteiger partial charge in [-0.2, -0.15) is 0 Å². The van der Waals surface area contributed by atoms with E-state index < -0.39 is 12.0 Å². The summed E-state index contributed by atoms with van der Waals surface area (Å²) in [5, 5.41) is 11.2. The van der Waals surface area contributed by atoms with E-state index in [2.05, 4.69) is 0 Å². The van der Waals surface area contributed by atoms with Crippen LogP contribution in [0.5, 0.6) is 0 Å². The summed E-state index contributed by atoms with van der Waals surface area (Å²) in [5.41, 5.74) is 1.29. The second kappa shape index (κ2) is 6.18. The minimum absolute atomic E-state index is 0.123. The van der Waals surface area contributed by atoms with Gasteiger partial charge < -0.3 is 14.8 Å². The van der Waals surface area contributed by atoms with Crippen LogP contribution in [0, 0.1) is 0 Å². The quantitative estimate of drug-likeness (QED) is 0.782. The lowest BCUT2D eigenvalue weighted by atomic mass is 10.0. The number of fused-ring (bicyclic) bond motifs is 1. The molecule has 2 aliphatic rings. The third-order valence-corrected chi connectivity index (χ3v) is 5.72. The molecule has 1 atom stereocenters. The Morgan fingerprint density at radius 3 is 2.76 bits per heavy atom. The first kappa shape index (κ1) is 14.6. The monoisotopic (exact) mass is 306 g/mol. The molecule has 0 spiro atoms. The Labute approximate surface area is 128 Å². The molecule has 21 heavy (non-hydrogen) atoms. The fraction of sp³-hybridized carbons (Fsp3) is 0.625. The van der Waals surface area contributed by atoms with Crippen LogP contribution in [-0.4, -0.2) is 29.4 Å². The summed E-state index contributed by atoms with van der Waals surface area (Å²) in [5.74, 6) is -1.25. The number of carboxylic acid groups (broad SMARTS) is 1. The van der Waals surface area contributed by atoms with E-state index in [1.54, 1.807) is 11.3 Å². The number of aryl methyl sites for hydroxylation is 2. The second-order valence-electron chi connectivity index (χ2n) is 5.95. The fourth-order valence-corrected chi connectivity index (χ4v) is 4.54. The van der Waals surface area contributed by atoms with Crippen molar-refractivity contribution in [2.75, 3.05) is 6.54 Å². The standard InChI is InChI=1S/C16H21NO3S/c18-15(17-9-5-4-7-12(17)16(19)20)14-10-11-6-2-1-3-8-13(11)21-14/h10,12H,1-9H2,(H,19,20)/p-1/t12-/m1/s1. The maximum Gasteiger partial charge on any atom is 0.264 e. The molecule has 114 valence electrons. The molecule has 1 aromatic rings. The molecule has 4 nitrogen and oxygen atoms in total. The first-order valence-corrected chi connectivity index (χ1v) is 8.62. The zero-order valence-corrected chi connectivity index (χ0v) is 12.9. The molecule has 1 aromatic heterocycles. The van der Waals surface area contributed by atoms with Crippen molar-refractivity contribution in [1.82, 2.24) is 4.90 Å². The number of thiophene rings is 1. The topological polar surface area (TPSA) is 60.4 Å². The van der Waals surface area contributed by atoms with Crippen molar-refractivity contribution in [2.45, 2.75) is 57.4 Å². The van der Waals surface area contributed by atoms with E-state index in [1.807, 2.05) is 6.07 Å². The first-order valence-electron chi connectivity index (χ1n) is 7.80. The smallest absolute Gasteiger partial charge is 0.264 e. The van der Waals surface area contributed by atoms with E-state index in [-0.39, 0.29) is 5.91 Å². The number of amides is 1. The maximum absolute atomic E-state index is 12.7. The third-order valence-electron chi connectivity index (χ3n) is 4.49. The van der Waals surface area contributed by atoms with Gasteiger partial charge in [-0.05, 0) is 56.6 Å². The summed E-state index contributed by atoms with van der Waals surface area (Å²) < 4.78 is 0. The molecule has 5 heteroatoms. The number of rotatable bonds is 2. The Bertz CT molecular complexity index is 528. The molecule has 1 aliphatic carbocycles. The predicted octanol–water partition coefficient (Wildman–Crippen LogP) is 1.76. The Kier molecular flexibility index (Phi) is 4.29. The molecule has 0 unspecified atom stereocenters. The molecule has 1 saturated heterocycles. The predicted molar refractivity (Wildman–Crippen MR) is 79.3 cm³/mol. The number of likely N-dealkylation sites (tertiary alicyclic amines) is 1. The van der Waals surface area contributed by atoms with Gasteiger partial charge in [-0.15, -0.1) is 11.3 Å². The van der Waals surface area contributed by atoms with Crippen LogP contribution in [0.4, 0.5) is 0 Å². The molecule has 0 radical (unpaired) electrons. The van der Waals surface area contributed by atoms with E-state index in [9.17, 15) is 14.7 Å². The Morgan fingerprint density at radius 2 is 1.95 bits per heavy atom. The summed E-state index contributed by atoms with van der Waals surface area (Å²) in [6.07, 6.45) is 7.96. The number of aliphatic carboxylic acids is 1. The Hall–Kier alpha value is -1.36. The highest BCUT2D eigenvalue weighted by Crippen LogP contribution is 2.31. The van der Waals surface area contributed by atoms with E-state index in [0.29, 0.717) is 17.8 Å². The second-order valence-corrected chi connectivity index (χ2v) is 7.09. The summed E-state index contributed by atoms with van der Waals surface area (Å²) in [7, 11) is 0. The molecular formula is C16H20NO3S-. The number of carbonyl (C=O) groups is 2. The van der Waals surface area contributed by atoms with Crippen molar-refractivity contribution in [2.24, 2.45) is 0 Å². The van der Waals surface area contributed by atoms with Gasteiger partial charge in [-0.25, -0.2) is 0 Å². The van der Waals surface area contributed by atoms with Crippen LogP contribution < -0.4 is 5.11 Å². The maximum atomic E-state index is 12.7. The average molecular weight is 306 g/mol. The number of carboxylic acids is 1. The highest BCUT2D eigenvalue weighted by molar-refractivity contribution is 7.14. The van der Waals surface area contributed by atoms with Crippen molar-refractivity contribution < 1.29 is 14.7 Å². The van der Waals surface area contributed by atoms with Crippen LogP contribution in [-0.2, 0) is 17.6 Å². The number of piperidine rings is 1. The Morgan fingerprint density at radius 1 is 1.14 bits per heavy atom. The highest BCUT2D eigenvalue weighted by Gasteiger charge is 2.29. The fourth-order valence-electron chi connectivity index (χ4n) is 3.33. The summed E-state index contributed by atoms with van der Waals surface area (Å²) in [4.78, 5) is 27.4. The van der Waals surface area contributed by atoms with Gasteiger partial charge in [-0.1, -0.05) is 6.42 Å². The van der Waals surface area contributed by atoms with Gasteiger partial charge in [-0.3, -0.25) is 4.79 Å². The molecule has 1 aliphatic heterocycles. The van der Waals surface area contributed by atoms with E-state index in [1.165, 1.54) is 34.6 Å². The molecule has 0 aromatic carbocycles. The van der Waals surface area contributed by atoms with Crippen LogP contribution in [0.2, 0.25) is 0 Å². The molecule has 0 N–H and O–H groups in total. The summed E-state index contributed by atoms with van der Waals surface area (Å²) >= 11 is 1.56. The van der Waals surface area contributed by atoms with Gasteiger partial charge >= 0.3 is 0 Å². The van der Waals surface area contributed by atoms with E-state index in [0.717, 1.165) is 25.7 Å². The zero-order valence-electron chi connectivity index (χ0n) is 12.1. The van der Waals surface area contributed by atoms with Crippen LogP contribution >= 0.6 is 11.3 Å². The number of hydrogen-bond donors (Lipinski definition) is 0. The van der Waals surface area contributed by atoms with Gasteiger partial charge in [0.25, 0.3) is 5.91 Å². The lowest BCUT2D eigenvalue weighted by Crippen LogP contribution is -2.52. The largest absolute Gasteiger partial charge is 0.548 e.